The second kappa shape index (κ2) is 7.13. The molecule has 6 heteroatoms. The third kappa shape index (κ3) is 4.73. The molecule has 0 aromatic heterocycles. The fraction of sp³-hybridized carbons (Fsp3) is 0.562. The quantitative estimate of drug-likeness (QED) is 0.897. The lowest BCUT2D eigenvalue weighted by Gasteiger charge is -2.21. The molecule has 1 fully saturated rings. The fourth-order valence-corrected chi connectivity index (χ4v) is 2.73. The monoisotopic (exact) mass is 314 g/mol. The molecule has 1 aromatic carbocycles. The molecule has 0 saturated carbocycles. The van der Waals surface area contributed by atoms with Crippen LogP contribution in [0.4, 0.5) is 13.2 Å². The third-order valence-electron chi connectivity index (χ3n) is 3.82. The zero-order chi connectivity index (χ0) is 16.2. The summed E-state index contributed by atoms with van der Waals surface area (Å²) >= 11 is 0. The van der Waals surface area contributed by atoms with Gasteiger partial charge in [0.1, 0.15) is 0 Å². The molecule has 0 spiro atoms. The third-order valence-corrected chi connectivity index (χ3v) is 3.82. The Morgan fingerprint density at radius 2 is 2.14 bits per heavy atom. The Kier molecular flexibility index (Phi) is 5.45. The highest BCUT2D eigenvalue weighted by Gasteiger charge is 2.30. The molecule has 1 aliphatic heterocycles. The van der Waals surface area contributed by atoms with E-state index in [0.717, 1.165) is 25.3 Å². The summed E-state index contributed by atoms with van der Waals surface area (Å²) in [7, 11) is 0. The Bertz CT molecular complexity index is 516. The lowest BCUT2D eigenvalue weighted by atomic mass is 10.0. The minimum absolute atomic E-state index is 0.0200. The fourth-order valence-electron chi connectivity index (χ4n) is 2.73. The van der Waals surface area contributed by atoms with E-state index >= 15 is 0 Å². The maximum Gasteiger partial charge on any atom is 0.416 e. The van der Waals surface area contributed by atoms with E-state index in [4.69, 9.17) is 0 Å². The van der Waals surface area contributed by atoms with Crippen molar-refractivity contribution in [3.63, 3.8) is 0 Å². The van der Waals surface area contributed by atoms with Gasteiger partial charge in [0, 0.05) is 12.6 Å². The number of hydrogen-bond donors (Lipinski definition) is 2. The average Bonchev–Trinajstić information content (AvgIpc) is 2.63. The largest absolute Gasteiger partial charge is 0.416 e. The summed E-state index contributed by atoms with van der Waals surface area (Å²) in [5.41, 5.74) is -0.0201. The lowest BCUT2D eigenvalue weighted by Crippen LogP contribution is -2.47. The van der Waals surface area contributed by atoms with Crippen LogP contribution in [0.3, 0.4) is 0 Å². The Hall–Kier alpha value is -1.56. The van der Waals surface area contributed by atoms with E-state index in [0.29, 0.717) is 18.5 Å². The zero-order valence-electron chi connectivity index (χ0n) is 12.5. The average molecular weight is 314 g/mol. The second-order valence-corrected chi connectivity index (χ2v) is 5.81. The molecule has 122 valence electrons. The van der Waals surface area contributed by atoms with Crippen LogP contribution in [0, 0.1) is 0 Å². The van der Waals surface area contributed by atoms with Crippen LogP contribution >= 0.6 is 0 Å². The summed E-state index contributed by atoms with van der Waals surface area (Å²) in [5, 5.41) is 6.06. The highest BCUT2D eigenvalue weighted by atomic mass is 19.4. The van der Waals surface area contributed by atoms with Crippen molar-refractivity contribution in [3.05, 3.63) is 35.4 Å². The molecule has 1 saturated heterocycles. The number of hydrogen-bond acceptors (Lipinski definition) is 2. The first kappa shape index (κ1) is 16.8. The van der Waals surface area contributed by atoms with Gasteiger partial charge in [-0.25, -0.2) is 0 Å². The van der Waals surface area contributed by atoms with Gasteiger partial charge in [-0.05, 0) is 44.2 Å². The number of amides is 1. The lowest BCUT2D eigenvalue weighted by molar-refractivity contribution is -0.137. The van der Waals surface area contributed by atoms with Crippen molar-refractivity contribution in [2.24, 2.45) is 0 Å². The Morgan fingerprint density at radius 3 is 2.86 bits per heavy atom. The number of alkyl halides is 3. The summed E-state index contributed by atoms with van der Waals surface area (Å²) in [6, 6.07) is 5.01. The van der Waals surface area contributed by atoms with Crippen molar-refractivity contribution in [2.45, 2.75) is 50.9 Å². The van der Waals surface area contributed by atoms with Gasteiger partial charge in [0.15, 0.2) is 0 Å². The molecule has 1 aliphatic rings. The van der Waals surface area contributed by atoms with Crippen molar-refractivity contribution in [1.82, 2.24) is 10.6 Å². The molecule has 2 rings (SSSR count). The molecule has 0 bridgehead atoms. The van der Waals surface area contributed by atoms with E-state index in [1.165, 1.54) is 12.1 Å². The normalized spacial score (nSPS) is 21.1. The first-order valence-corrected chi connectivity index (χ1v) is 7.56. The maximum atomic E-state index is 12.7. The molecule has 3 nitrogen and oxygen atoms in total. The van der Waals surface area contributed by atoms with Crippen LogP contribution in [-0.2, 0) is 17.4 Å². The van der Waals surface area contributed by atoms with Gasteiger partial charge >= 0.3 is 6.18 Å². The van der Waals surface area contributed by atoms with Gasteiger partial charge in [-0.1, -0.05) is 18.2 Å². The Balaban J connectivity index is 1.96. The Labute approximate surface area is 128 Å². The van der Waals surface area contributed by atoms with Gasteiger partial charge < -0.3 is 10.6 Å². The minimum Gasteiger partial charge on any atom is -0.355 e. The smallest absolute Gasteiger partial charge is 0.355 e. The standard InChI is InChI=1S/C16H21F3N2O/c1-11(21-14-7-2-3-8-20-15(14)22)9-12-5-4-6-13(10-12)16(17,18)19/h4-6,10-11,14,21H,2-3,7-9H2,1H3,(H,20,22)/t11-,14+/m1/s1. The minimum atomic E-state index is -4.33. The molecule has 1 amide bonds. The topological polar surface area (TPSA) is 41.1 Å². The number of nitrogens with one attached hydrogen (secondary N) is 2. The second-order valence-electron chi connectivity index (χ2n) is 5.81. The van der Waals surface area contributed by atoms with Gasteiger partial charge in [-0.3, -0.25) is 4.79 Å². The van der Waals surface area contributed by atoms with Crippen LogP contribution in [-0.4, -0.2) is 24.5 Å². The van der Waals surface area contributed by atoms with Crippen LogP contribution in [0.2, 0.25) is 0 Å². The van der Waals surface area contributed by atoms with Crippen molar-refractivity contribution in [3.8, 4) is 0 Å². The molecule has 22 heavy (non-hydrogen) atoms. The van der Waals surface area contributed by atoms with E-state index in [1.807, 2.05) is 6.92 Å². The van der Waals surface area contributed by atoms with Gasteiger partial charge in [-0.15, -0.1) is 0 Å². The van der Waals surface area contributed by atoms with E-state index in [-0.39, 0.29) is 18.0 Å². The highest BCUT2D eigenvalue weighted by Crippen LogP contribution is 2.29. The van der Waals surface area contributed by atoms with Crippen LogP contribution in [0.5, 0.6) is 0 Å². The first-order valence-electron chi connectivity index (χ1n) is 7.56. The van der Waals surface area contributed by atoms with E-state index < -0.39 is 11.7 Å². The molecule has 2 atom stereocenters. The van der Waals surface area contributed by atoms with Crippen molar-refractivity contribution in [2.75, 3.05) is 6.54 Å². The van der Waals surface area contributed by atoms with Gasteiger partial charge in [0.05, 0.1) is 11.6 Å². The van der Waals surface area contributed by atoms with Gasteiger partial charge in [0.25, 0.3) is 0 Å². The van der Waals surface area contributed by atoms with E-state index in [9.17, 15) is 18.0 Å². The molecule has 1 heterocycles. The zero-order valence-corrected chi connectivity index (χ0v) is 12.5. The summed E-state index contributed by atoms with van der Waals surface area (Å²) in [4.78, 5) is 11.9. The molecule has 0 aliphatic carbocycles. The van der Waals surface area contributed by atoms with Gasteiger partial charge in [-0.2, -0.15) is 13.2 Å². The van der Waals surface area contributed by atoms with E-state index in [1.54, 1.807) is 6.07 Å². The Morgan fingerprint density at radius 1 is 1.36 bits per heavy atom. The predicted octanol–water partition coefficient (Wildman–Crippen LogP) is 2.89. The predicted molar refractivity (Wildman–Crippen MR) is 78.4 cm³/mol. The SMILES string of the molecule is C[C@H](Cc1cccc(C(F)(F)F)c1)N[C@H]1CCCCNC1=O. The molecule has 2 N–H and O–H groups in total. The van der Waals surface area contributed by atoms with Crippen molar-refractivity contribution in [1.29, 1.82) is 0 Å². The number of carbonyl (C=O) groups is 1. The summed E-state index contributed by atoms with van der Waals surface area (Å²) in [6.07, 6.45) is -1.18. The molecule has 0 unspecified atom stereocenters. The molecular formula is C16H21F3N2O. The van der Waals surface area contributed by atoms with Crippen LogP contribution in [0.25, 0.3) is 0 Å². The molecule has 1 aromatic rings. The molecule has 0 radical (unpaired) electrons. The summed E-state index contributed by atoms with van der Waals surface area (Å²) < 4.78 is 38.1. The van der Waals surface area contributed by atoms with E-state index in [2.05, 4.69) is 10.6 Å². The summed E-state index contributed by atoms with van der Waals surface area (Å²) in [6.45, 7) is 2.58. The molecular weight excluding hydrogens is 293 g/mol. The first-order chi connectivity index (χ1) is 10.4. The number of carbonyl (C=O) groups excluding carboxylic acids is 1. The summed E-state index contributed by atoms with van der Waals surface area (Å²) in [5.74, 6) is -0.0200. The maximum absolute atomic E-state index is 12.7. The highest BCUT2D eigenvalue weighted by molar-refractivity contribution is 5.81. The van der Waals surface area contributed by atoms with Crippen LogP contribution in [0.1, 0.15) is 37.3 Å². The number of rotatable bonds is 4. The number of halogens is 3. The van der Waals surface area contributed by atoms with Crippen molar-refractivity contribution < 1.29 is 18.0 Å². The van der Waals surface area contributed by atoms with Crippen molar-refractivity contribution >= 4 is 5.91 Å². The van der Waals surface area contributed by atoms with Crippen LogP contribution in [0.15, 0.2) is 24.3 Å². The number of benzene rings is 1. The van der Waals surface area contributed by atoms with Crippen LogP contribution < -0.4 is 10.6 Å². The van der Waals surface area contributed by atoms with Gasteiger partial charge in [0.2, 0.25) is 5.91 Å².